The summed E-state index contributed by atoms with van der Waals surface area (Å²) in [6.45, 7) is 0.567. The van der Waals surface area contributed by atoms with Gasteiger partial charge in [0.1, 0.15) is 5.82 Å². The molecule has 1 N–H and O–H groups in total. The van der Waals surface area contributed by atoms with Crippen LogP contribution in [-0.2, 0) is 11.3 Å². The smallest absolute Gasteiger partial charge is 0.235 e. The van der Waals surface area contributed by atoms with Gasteiger partial charge in [-0.05, 0) is 29.3 Å². The monoisotopic (exact) mass is 370 g/mol. The van der Waals surface area contributed by atoms with Crippen LogP contribution in [0.1, 0.15) is 21.9 Å². The number of pyridine rings is 1. The lowest BCUT2D eigenvalue weighted by atomic mass is 10.1. The van der Waals surface area contributed by atoms with Crippen molar-refractivity contribution in [1.29, 1.82) is 0 Å². The number of benzene rings is 1. The first kappa shape index (κ1) is 16.2. The number of nitrogens with one attached hydrogen (secondary N) is 1. The highest BCUT2D eigenvalue weighted by molar-refractivity contribution is 8.00. The van der Waals surface area contributed by atoms with Gasteiger partial charge in [-0.3, -0.25) is 9.78 Å². The second-order valence-corrected chi connectivity index (χ2v) is 7.29. The molecule has 0 radical (unpaired) electrons. The molecule has 3 heterocycles. The number of thioether (sulfide) groups is 1. The SMILES string of the molecule is O=C1CSC(c2cccnc2)c2cnn(Cc3ccc(Cl)cc3)c2N1. The Hall–Kier alpha value is -2.31. The van der Waals surface area contributed by atoms with Gasteiger partial charge in [0, 0.05) is 23.0 Å². The van der Waals surface area contributed by atoms with Crippen LogP contribution < -0.4 is 5.32 Å². The molecule has 7 heteroatoms. The standard InChI is InChI=1S/C18H15ClN4OS/c19-14-5-3-12(4-6-14)10-23-18-15(9-21-23)17(25-11-16(24)22-18)13-2-1-7-20-8-13/h1-9,17H,10-11H2,(H,22,24). The number of rotatable bonds is 3. The van der Waals surface area contributed by atoms with E-state index in [1.807, 2.05) is 53.5 Å². The van der Waals surface area contributed by atoms with Crippen LogP contribution in [-0.4, -0.2) is 26.4 Å². The third kappa shape index (κ3) is 3.41. The average Bonchev–Trinajstić information content (AvgIpc) is 2.92. The Labute approximate surface area is 154 Å². The fraction of sp³-hybridized carbons (Fsp3) is 0.167. The van der Waals surface area contributed by atoms with E-state index in [2.05, 4.69) is 15.4 Å². The molecule has 126 valence electrons. The maximum atomic E-state index is 12.2. The van der Waals surface area contributed by atoms with E-state index in [4.69, 9.17) is 11.6 Å². The topological polar surface area (TPSA) is 59.8 Å². The van der Waals surface area contributed by atoms with E-state index >= 15 is 0 Å². The van der Waals surface area contributed by atoms with Gasteiger partial charge in [0.05, 0.1) is 23.7 Å². The van der Waals surface area contributed by atoms with Gasteiger partial charge in [-0.25, -0.2) is 4.68 Å². The molecule has 5 nitrogen and oxygen atoms in total. The predicted octanol–water partition coefficient (Wildman–Crippen LogP) is 3.75. The largest absolute Gasteiger partial charge is 0.310 e. The molecule has 0 saturated carbocycles. The van der Waals surface area contributed by atoms with Crippen LogP contribution in [0.5, 0.6) is 0 Å². The van der Waals surface area contributed by atoms with Crippen molar-refractivity contribution in [3.8, 4) is 0 Å². The minimum Gasteiger partial charge on any atom is -0.310 e. The zero-order valence-electron chi connectivity index (χ0n) is 13.2. The maximum absolute atomic E-state index is 12.2. The van der Waals surface area contributed by atoms with E-state index in [0.29, 0.717) is 17.3 Å². The van der Waals surface area contributed by atoms with E-state index < -0.39 is 0 Å². The summed E-state index contributed by atoms with van der Waals surface area (Å²) in [4.78, 5) is 16.4. The van der Waals surface area contributed by atoms with Gasteiger partial charge in [-0.2, -0.15) is 5.10 Å². The first-order chi connectivity index (χ1) is 12.2. The van der Waals surface area contributed by atoms with E-state index in [0.717, 1.165) is 22.5 Å². The van der Waals surface area contributed by atoms with Gasteiger partial charge in [-0.1, -0.05) is 29.8 Å². The molecule has 3 aromatic rings. The van der Waals surface area contributed by atoms with Crippen molar-refractivity contribution in [1.82, 2.24) is 14.8 Å². The van der Waals surface area contributed by atoms with Crippen molar-refractivity contribution in [2.75, 3.05) is 11.1 Å². The van der Waals surface area contributed by atoms with Crippen molar-refractivity contribution in [3.63, 3.8) is 0 Å². The lowest BCUT2D eigenvalue weighted by molar-refractivity contribution is -0.113. The Bertz CT molecular complexity index is 895. The van der Waals surface area contributed by atoms with Crippen molar-refractivity contribution in [2.24, 2.45) is 0 Å². The normalized spacial score (nSPS) is 16.8. The molecule has 0 spiro atoms. The third-order valence-corrected chi connectivity index (χ3v) is 5.56. The molecule has 0 aliphatic carbocycles. The number of hydrogen-bond donors (Lipinski definition) is 1. The molecule has 0 bridgehead atoms. The Morgan fingerprint density at radius 3 is 2.84 bits per heavy atom. The van der Waals surface area contributed by atoms with Gasteiger partial charge >= 0.3 is 0 Å². The van der Waals surface area contributed by atoms with Crippen LogP contribution in [0.15, 0.2) is 55.0 Å². The highest BCUT2D eigenvalue weighted by atomic mass is 35.5. The van der Waals surface area contributed by atoms with Gasteiger partial charge in [-0.15, -0.1) is 11.8 Å². The first-order valence-corrected chi connectivity index (χ1v) is 9.25. The Morgan fingerprint density at radius 1 is 1.24 bits per heavy atom. The van der Waals surface area contributed by atoms with Crippen LogP contribution in [0.2, 0.25) is 5.02 Å². The molecule has 4 rings (SSSR count). The number of anilines is 1. The Morgan fingerprint density at radius 2 is 2.08 bits per heavy atom. The van der Waals surface area contributed by atoms with Crippen LogP contribution in [0.3, 0.4) is 0 Å². The minimum absolute atomic E-state index is 0.0181. The zero-order chi connectivity index (χ0) is 17.2. The van der Waals surface area contributed by atoms with Crippen molar-refractivity contribution >= 4 is 35.1 Å². The summed E-state index contributed by atoms with van der Waals surface area (Å²) in [6.07, 6.45) is 5.43. The Kier molecular flexibility index (Phi) is 4.46. The number of amides is 1. The lowest BCUT2D eigenvalue weighted by Gasteiger charge is -2.13. The fourth-order valence-electron chi connectivity index (χ4n) is 2.83. The van der Waals surface area contributed by atoms with Crippen LogP contribution in [0.4, 0.5) is 5.82 Å². The summed E-state index contributed by atoms with van der Waals surface area (Å²) in [5.74, 6) is 1.13. The number of carbonyl (C=O) groups is 1. The summed E-state index contributed by atoms with van der Waals surface area (Å²) in [6, 6.07) is 11.6. The molecule has 1 atom stereocenters. The molecule has 1 aliphatic heterocycles. The van der Waals surface area contributed by atoms with Crippen LogP contribution in [0.25, 0.3) is 0 Å². The summed E-state index contributed by atoms with van der Waals surface area (Å²) in [5, 5.41) is 8.23. The quantitative estimate of drug-likeness (QED) is 0.762. The number of halogens is 1. The third-order valence-electron chi connectivity index (χ3n) is 4.02. The summed E-state index contributed by atoms with van der Waals surface area (Å²) < 4.78 is 1.83. The van der Waals surface area contributed by atoms with Gasteiger partial charge in [0.2, 0.25) is 5.91 Å². The number of hydrogen-bond acceptors (Lipinski definition) is 4. The molecule has 0 fully saturated rings. The van der Waals surface area contributed by atoms with E-state index in [1.54, 1.807) is 18.0 Å². The maximum Gasteiger partial charge on any atom is 0.235 e. The van der Waals surface area contributed by atoms with Gasteiger partial charge < -0.3 is 5.32 Å². The molecule has 1 aromatic carbocycles. The molecule has 1 amide bonds. The number of aromatic nitrogens is 3. The fourth-order valence-corrected chi connectivity index (χ4v) is 4.03. The second kappa shape index (κ2) is 6.90. The minimum atomic E-state index is -0.0181. The van der Waals surface area contributed by atoms with Crippen molar-refractivity contribution in [3.05, 3.63) is 76.7 Å². The van der Waals surface area contributed by atoms with Gasteiger partial charge in [0.15, 0.2) is 0 Å². The second-order valence-electron chi connectivity index (χ2n) is 5.76. The first-order valence-electron chi connectivity index (χ1n) is 7.82. The summed E-state index contributed by atoms with van der Waals surface area (Å²) in [7, 11) is 0. The molecule has 1 aliphatic rings. The number of carbonyl (C=O) groups excluding carboxylic acids is 1. The molecule has 0 saturated heterocycles. The highest BCUT2D eigenvalue weighted by Gasteiger charge is 2.27. The number of nitrogens with zero attached hydrogens (tertiary/aromatic N) is 3. The molecule has 25 heavy (non-hydrogen) atoms. The van der Waals surface area contributed by atoms with Crippen LogP contribution in [0, 0.1) is 0 Å². The van der Waals surface area contributed by atoms with Gasteiger partial charge in [0.25, 0.3) is 0 Å². The summed E-state index contributed by atoms with van der Waals surface area (Å²) >= 11 is 7.54. The molecular weight excluding hydrogens is 356 g/mol. The predicted molar refractivity (Wildman–Crippen MR) is 99.9 cm³/mol. The van der Waals surface area contributed by atoms with E-state index in [9.17, 15) is 4.79 Å². The zero-order valence-corrected chi connectivity index (χ0v) is 14.8. The van der Waals surface area contributed by atoms with E-state index in [1.165, 1.54) is 0 Å². The lowest BCUT2D eigenvalue weighted by Crippen LogP contribution is -2.16. The van der Waals surface area contributed by atoms with Crippen LogP contribution >= 0.6 is 23.4 Å². The molecule has 1 unspecified atom stereocenters. The summed E-state index contributed by atoms with van der Waals surface area (Å²) in [5.41, 5.74) is 3.13. The number of fused-ring (bicyclic) bond motifs is 1. The van der Waals surface area contributed by atoms with E-state index in [-0.39, 0.29) is 11.2 Å². The molecular formula is C18H15ClN4OS. The molecule has 2 aromatic heterocycles. The van der Waals surface area contributed by atoms with Crippen molar-refractivity contribution < 1.29 is 4.79 Å². The van der Waals surface area contributed by atoms with Crippen molar-refractivity contribution in [2.45, 2.75) is 11.8 Å². The average molecular weight is 371 g/mol. The highest BCUT2D eigenvalue weighted by Crippen LogP contribution is 2.41. The Balaban J connectivity index is 1.71.